The molecule has 0 fully saturated rings. The van der Waals surface area contributed by atoms with Crippen LogP contribution in [0.25, 0.3) is 0 Å². The Labute approximate surface area is 124 Å². The molecular weight excluding hydrogens is 268 g/mol. The Balaban J connectivity index is 2.22. The van der Waals surface area contributed by atoms with Gasteiger partial charge in [-0.15, -0.1) is 0 Å². The fourth-order valence-corrected chi connectivity index (χ4v) is 2.97. The highest BCUT2D eigenvalue weighted by Crippen LogP contribution is 2.34. The molecule has 0 radical (unpaired) electrons. The molecule has 0 saturated carbocycles. The molecule has 0 bridgehead atoms. The Kier molecular flexibility index (Phi) is 4.79. The second-order valence-corrected chi connectivity index (χ2v) is 5.43. The Hall–Kier alpha value is -1.81. The molecule has 0 amide bonds. The van der Waals surface area contributed by atoms with Crippen molar-refractivity contribution >= 4 is 23.3 Å². The summed E-state index contributed by atoms with van der Waals surface area (Å²) in [7, 11) is 3.60. The number of anilines is 2. The van der Waals surface area contributed by atoms with Gasteiger partial charge in [0.1, 0.15) is 5.75 Å². The van der Waals surface area contributed by atoms with Gasteiger partial charge in [0.05, 0.1) is 17.7 Å². The molecule has 4 heteroatoms. The van der Waals surface area contributed by atoms with E-state index < -0.39 is 0 Å². The molecule has 0 aliphatic rings. The van der Waals surface area contributed by atoms with Gasteiger partial charge in [0.15, 0.2) is 0 Å². The van der Waals surface area contributed by atoms with E-state index in [1.807, 2.05) is 19.2 Å². The van der Waals surface area contributed by atoms with Gasteiger partial charge in [-0.3, -0.25) is 0 Å². The third-order valence-corrected chi connectivity index (χ3v) is 4.04. The standard InChI is InChI=1S/C16H20N2OS/c1-11-6-5-7-12(2)16(11)18-20-15-10-13(17-3)8-9-14(15)19-4/h5-10,17-18H,1-4H3. The van der Waals surface area contributed by atoms with Gasteiger partial charge in [-0.05, 0) is 55.1 Å². The number of nitrogens with one attached hydrogen (secondary N) is 2. The van der Waals surface area contributed by atoms with Crippen LogP contribution in [-0.4, -0.2) is 14.2 Å². The summed E-state index contributed by atoms with van der Waals surface area (Å²) in [4.78, 5) is 1.06. The van der Waals surface area contributed by atoms with Crippen LogP contribution < -0.4 is 14.8 Å². The van der Waals surface area contributed by atoms with Gasteiger partial charge in [-0.1, -0.05) is 18.2 Å². The van der Waals surface area contributed by atoms with Crippen molar-refractivity contribution in [1.29, 1.82) is 0 Å². The number of aryl methyl sites for hydroxylation is 2. The van der Waals surface area contributed by atoms with E-state index in [4.69, 9.17) is 4.74 Å². The van der Waals surface area contributed by atoms with Crippen molar-refractivity contribution in [3.8, 4) is 5.75 Å². The molecule has 2 aromatic carbocycles. The maximum absolute atomic E-state index is 5.41. The van der Waals surface area contributed by atoms with Gasteiger partial charge in [0, 0.05) is 12.7 Å². The summed E-state index contributed by atoms with van der Waals surface area (Å²) in [6, 6.07) is 12.3. The number of benzene rings is 2. The van der Waals surface area contributed by atoms with E-state index in [0.29, 0.717) is 0 Å². The molecule has 0 saturated heterocycles. The molecular formula is C16H20N2OS. The largest absolute Gasteiger partial charge is 0.496 e. The quantitative estimate of drug-likeness (QED) is 0.795. The van der Waals surface area contributed by atoms with Crippen molar-refractivity contribution in [2.24, 2.45) is 0 Å². The molecule has 0 aliphatic heterocycles. The highest BCUT2D eigenvalue weighted by Gasteiger charge is 2.07. The summed E-state index contributed by atoms with van der Waals surface area (Å²) in [5, 5.41) is 3.14. The zero-order chi connectivity index (χ0) is 14.5. The van der Waals surface area contributed by atoms with Crippen LogP contribution in [0.1, 0.15) is 11.1 Å². The van der Waals surface area contributed by atoms with Gasteiger partial charge < -0.3 is 14.8 Å². The maximum Gasteiger partial charge on any atom is 0.134 e. The van der Waals surface area contributed by atoms with Crippen LogP contribution in [0.15, 0.2) is 41.3 Å². The van der Waals surface area contributed by atoms with Crippen molar-refractivity contribution in [2.75, 3.05) is 24.2 Å². The zero-order valence-corrected chi connectivity index (χ0v) is 13.1. The van der Waals surface area contributed by atoms with Crippen LogP contribution in [0.4, 0.5) is 11.4 Å². The molecule has 0 heterocycles. The lowest BCUT2D eigenvalue weighted by molar-refractivity contribution is 0.405. The monoisotopic (exact) mass is 288 g/mol. The maximum atomic E-state index is 5.41. The summed E-state index contributed by atoms with van der Waals surface area (Å²) in [6.45, 7) is 4.22. The van der Waals surface area contributed by atoms with Crippen LogP contribution in [0, 0.1) is 13.8 Å². The second kappa shape index (κ2) is 6.57. The minimum Gasteiger partial charge on any atom is -0.496 e. The van der Waals surface area contributed by atoms with Gasteiger partial charge in [-0.25, -0.2) is 0 Å². The lowest BCUT2D eigenvalue weighted by Gasteiger charge is -2.14. The first kappa shape index (κ1) is 14.6. The third-order valence-electron chi connectivity index (χ3n) is 3.20. The molecule has 0 unspecified atom stereocenters. The topological polar surface area (TPSA) is 33.3 Å². The number of rotatable bonds is 5. The lowest BCUT2D eigenvalue weighted by Crippen LogP contribution is -1.96. The molecule has 2 aromatic rings. The fourth-order valence-electron chi connectivity index (χ4n) is 1.99. The van der Waals surface area contributed by atoms with Crippen LogP contribution in [0.5, 0.6) is 5.75 Å². The third kappa shape index (κ3) is 3.20. The predicted octanol–water partition coefficient (Wildman–Crippen LogP) is 4.47. The van der Waals surface area contributed by atoms with Crippen molar-refractivity contribution in [3.05, 3.63) is 47.5 Å². The molecule has 2 N–H and O–H groups in total. The minimum atomic E-state index is 0.868. The molecule has 2 rings (SSSR count). The van der Waals surface area contributed by atoms with E-state index in [1.54, 1.807) is 19.1 Å². The van der Waals surface area contributed by atoms with E-state index >= 15 is 0 Å². The smallest absolute Gasteiger partial charge is 0.134 e. The summed E-state index contributed by atoms with van der Waals surface area (Å²) >= 11 is 1.57. The highest BCUT2D eigenvalue weighted by molar-refractivity contribution is 8.00. The van der Waals surface area contributed by atoms with E-state index in [1.165, 1.54) is 11.1 Å². The van der Waals surface area contributed by atoms with Gasteiger partial charge in [-0.2, -0.15) is 0 Å². The van der Waals surface area contributed by atoms with E-state index in [9.17, 15) is 0 Å². The number of hydrogen-bond acceptors (Lipinski definition) is 4. The Bertz CT molecular complexity index is 579. The van der Waals surface area contributed by atoms with Crippen LogP contribution >= 0.6 is 11.9 Å². The van der Waals surface area contributed by atoms with Crippen molar-refractivity contribution < 1.29 is 4.74 Å². The number of ether oxygens (including phenoxy) is 1. The summed E-state index contributed by atoms with van der Waals surface area (Å²) < 4.78 is 8.84. The average Bonchev–Trinajstić information content (AvgIpc) is 2.46. The molecule has 0 aromatic heterocycles. The zero-order valence-electron chi connectivity index (χ0n) is 12.3. The Morgan fingerprint density at radius 1 is 1.05 bits per heavy atom. The van der Waals surface area contributed by atoms with E-state index in [2.05, 4.69) is 48.2 Å². The lowest BCUT2D eigenvalue weighted by atomic mass is 10.1. The second-order valence-electron chi connectivity index (χ2n) is 4.59. The van der Waals surface area contributed by atoms with Crippen molar-refractivity contribution in [3.63, 3.8) is 0 Å². The molecule has 0 spiro atoms. The van der Waals surface area contributed by atoms with Crippen LogP contribution in [-0.2, 0) is 0 Å². The first-order valence-electron chi connectivity index (χ1n) is 6.50. The molecule has 20 heavy (non-hydrogen) atoms. The normalized spacial score (nSPS) is 10.2. The summed E-state index contributed by atoms with van der Waals surface area (Å²) in [5.74, 6) is 0.868. The average molecular weight is 288 g/mol. The Morgan fingerprint density at radius 2 is 1.75 bits per heavy atom. The summed E-state index contributed by atoms with van der Waals surface area (Å²) in [6.07, 6.45) is 0. The molecule has 0 aliphatic carbocycles. The minimum absolute atomic E-state index is 0.868. The fraction of sp³-hybridized carbons (Fsp3) is 0.250. The van der Waals surface area contributed by atoms with E-state index in [0.717, 1.165) is 22.0 Å². The highest BCUT2D eigenvalue weighted by atomic mass is 32.2. The molecule has 106 valence electrons. The first-order valence-corrected chi connectivity index (χ1v) is 7.32. The van der Waals surface area contributed by atoms with Crippen molar-refractivity contribution in [2.45, 2.75) is 18.7 Å². The predicted molar refractivity (Wildman–Crippen MR) is 87.9 cm³/mol. The number of para-hydroxylation sites is 1. The summed E-state index contributed by atoms with van der Waals surface area (Å²) in [5.41, 5.74) is 4.70. The van der Waals surface area contributed by atoms with Crippen molar-refractivity contribution in [1.82, 2.24) is 0 Å². The van der Waals surface area contributed by atoms with Gasteiger partial charge in [0.2, 0.25) is 0 Å². The number of hydrogen-bond donors (Lipinski definition) is 2. The molecule has 0 atom stereocenters. The van der Waals surface area contributed by atoms with Crippen LogP contribution in [0.2, 0.25) is 0 Å². The van der Waals surface area contributed by atoms with Gasteiger partial charge in [0.25, 0.3) is 0 Å². The Morgan fingerprint density at radius 3 is 2.35 bits per heavy atom. The SMILES string of the molecule is CNc1ccc(OC)c(SNc2c(C)cccc2C)c1. The van der Waals surface area contributed by atoms with Gasteiger partial charge >= 0.3 is 0 Å². The van der Waals surface area contributed by atoms with Crippen LogP contribution in [0.3, 0.4) is 0 Å². The first-order chi connectivity index (χ1) is 9.65. The number of methoxy groups -OCH3 is 1. The molecule has 3 nitrogen and oxygen atoms in total. The van der Waals surface area contributed by atoms with E-state index in [-0.39, 0.29) is 0 Å².